The Kier molecular flexibility index (Phi) is 11.0. The summed E-state index contributed by atoms with van der Waals surface area (Å²) in [5.41, 5.74) is 9.65. The molecule has 0 radical (unpaired) electrons. The molecule has 0 aromatic heterocycles. The van der Waals surface area contributed by atoms with Gasteiger partial charge in [0.1, 0.15) is 23.8 Å². The van der Waals surface area contributed by atoms with E-state index in [-0.39, 0.29) is 5.60 Å². The molecular weight excluding hydrogens is 492 g/mol. The number of rotatable bonds is 11. The Morgan fingerprint density at radius 2 is 1.55 bits per heavy atom. The first-order chi connectivity index (χ1) is 19.1. The first-order valence-corrected chi connectivity index (χ1v) is 16.0. The second-order valence-corrected chi connectivity index (χ2v) is 13.4. The number of benzene rings is 1. The molecule has 0 spiro atoms. The van der Waals surface area contributed by atoms with Crippen molar-refractivity contribution >= 4 is 0 Å². The topological polar surface area (TPSA) is 33.7 Å². The number of nitrogens with zero attached hydrogens (tertiary/aromatic N) is 1. The summed E-state index contributed by atoms with van der Waals surface area (Å²) in [6.45, 7) is 20.8. The van der Waals surface area contributed by atoms with Crippen molar-refractivity contribution in [1.82, 2.24) is 10.2 Å². The summed E-state index contributed by atoms with van der Waals surface area (Å²) in [7, 11) is 0. The lowest BCUT2D eigenvalue weighted by atomic mass is 9.84. The van der Waals surface area contributed by atoms with Crippen LogP contribution in [0.15, 0.2) is 34.9 Å². The number of hydrogen-bond acceptors (Lipinski definition) is 4. The third kappa shape index (κ3) is 8.26. The van der Waals surface area contributed by atoms with E-state index in [1.54, 1.807) is 0 Å². The zero-order valence-electron chi connectivity index (χ0n) is 26.7. The predicted octanol–water partition coefficient (Wildman–Crippen LogP) is 8.74. The highest BCUT2D eigenvalue weighted by molar-refractivity contribution is 5.60. The van der Waals surface area contributed by atoms with Crippen molar-refractivity contribution in [2.24, 2.45) is 5.92 Å². The Morgan fingerprint density at radius 1 is 0.900 bits per heavy atom. The summed E-state index contributed by atoms with van der Waals surface area (Å²) in [6, 6.07) is 0. The third-order valence-corrected chi connectivity index (χ3v) is 9.45. The molecule has 1 N–H and O–H groups in total. The van der Waals surface area contributed by atoms with Crippen LogP contribution in [-0.2, 0) is 13.0 Å². The molecule has 0 aliphatic carbocycles. The Hall–Kier alpha value is -2.04. The molecule has 0 saturated carbocycles. The van der Waals surface area contributed by atoms with Crippen LogP contribution in [0, 0.1) is 19.8 Å². The highest BCUT2D eigenvalue weighted by Crippen LogP contribution is 2.46. The van der Waals surface area contributed by atoms with E-state index in [0.29, 0.717) is 6.73 Å². The molecule has 3 aliphatic rings. The van der Waals surface area contributed by atoms with Crippen molar-refractivity contribution in [3.8, 4) is 11.5 Å². The van der Waals surface area contributed by atoms with Crippen LogP contribution in [0.3, 0.4) is 0 Å². The molecule has 1 atom stereocenters. The molecule has 1 fully saturated rings. The van der Waals surface area contributed by atoms with Gasteiger partial charge in [-0.25, -0.2) is 0 Å². The number of fused-ring (bicyclic) bond motifs is 3. The Labute approximate surface area is 245 Å². The SMILES string of the molecule is CC(C)=CCC/C(C)=C/CC/C(C)=C/CC[C@]1(C)CCc2c3c(c(C)c(C)c2O1)OCN(CC1CCNCC1)C3. The number of nitrogens with one attached hydrogen (secondary N) is 1. The largest absolute Gasteiger partial charge is 0.487 e. The van der Waals surface area contributed by atoms with Gasteiger partial charge in [-0.3, -0.25) is 4.90 Å². The average Bonchev–Trinajstić information content (AvgIpc) is 2.92. The maximum absolute atomic E-state index is 6.91. The second kappa shape index (κ2) is 14.2. The van der Waals surface area contributed by atoms with E-state index in [2.05, 4.69) is 76.9 Å². The van der Waals surface area contributed by atoms with Gasteiger partial charge in [0.2, 0.25) is 0 Å². The molecule has 1 aromatic rings. The van der Waals surface area contributed by atoms with Gasteiger partial charge in [-0.2, -0.15) is 0 Å². The third-order valence-electron chi connectivity index (χ3n) is 9.45. The summed E-state index contributed by atoms with van der Waals surface area (Å²) in [4.78, 5) is 2.52. The van der Waals surface area contributed by atoms with Gasteiger partial charge in [0.25, 0.3) is 0 Å². The van der Waals surface area contributed by atoms with Crippen molar-refractivity contribution in [3.05, 3.63) is 57.2 Å². The van der Waals surface area contributed by atoms with E-state index in [0.717, 1.165) is 88.5 Å². The predicted molar refractivity (Wildman–Crippen MR) is 169 cm³/mol. The van der Waals surface area contributed by atoms with Crippen molar-refractivity contribution in [2.75, 3.05) is 26.4 Å². The standard InChI is InChI=1S/C36H56N2O2/c1-26(2)11-8-12-27(3)13-9-14-28(4)15-10-19-36(7)20-16-32-33-24-38(23-31-17-21-37-22-18-31)25-39-34(33)29(5)30(6)35(32)40-36/h11,13,15,31,37H,8-10,12,14,16-25H2,1-7H3/b27-13+,28-15+/t36-/m1/s1. The van der Waals surface area contributed by atoms with Gasteiger partial charge < -0.3 is 14.8 Å². The first kappa shape index (κ1) is 30.9. The van der Waals surface area contributed by atoms with E-state index < -0.39 is 0 Å². The molecule has 222 valence electrons. The number of allylic oxidation sites excluding steroid dienone is 6. The fourth-order valence-corrected chi connectivity index (χ4v) is 6.63. The highest BCUT2D eigenvalue weighted by atomic mass is 16.5. The van der Waals surface area contributed by atoms with Crippen LogP contribution in [0.2, 0.25) is 0 Å². The van der Waals surface area contributed by atoms with Gasteiger partial charge in [0.05, 0.1) is 0 Å². The van der Waals surface area contributed by atoms with E-state index in [1.165, 1.54) is 58.2 Å². The van der Waals surface area contributed by atoms with Crippen LogP contribution >= 0.6 is 0 Å². The van der Waals surface area contributed by atoms with Crippen LogP contribution in [0.1, 0.15) is 115 Å². The second-order valence-electron chi connectivity index (χ2n) is 13.4. The fourth-order valence-electron chi connectivity index (χ4n) is 6.63. The Morgan fingerprint density at radius 3 is 2.25 bits per heavy atom. The molecule has 4 rings (SSSR count). The van der Waals surface area contributed by atoms with Gasteiger partial charge in [-0.05, 0) is 143 Å². The summed E-state index contributed by atoms with van der Waals surface area (Å²) in [5.74, 6) is 3.05. The minimum Gasteiger partial charge on any atom is -0.487 e. The Balaban J connectivity index is 1.33. The number of piperidine rings is 1. The van der Waals surface area contributed by atoms with Crippen LogP contribution in [0.25, 0.3) is 0 Å². The summed E-state index contributed by atoms with van der Waals surface area (Å²) in [6.07, 6.45) is 18.7. The zero-order chi connectivity index (χ0) is 28.7. The molecule has 1 saturated heterocycles. The van der Waals surface area contributed by atoms with Crippen molar-refractivity contribution < 1.29 is 9.47 Å². The van der Waals surface area contributed by atoms with E-state index in [9.17, 15) is 0 Å². The molecule has 4 nitrogen and oxygen atoms in total. The minimum absolute atomic E-state index is 0.110. The van der Waals surface area contributed by atoms with E-state index in [4.69, 9.17) is 9.47 Å². The molecule has 3 heterocycles. The monoisotopic (exact) mass is 548 g/mol. The summed E-state index contributed by atoms with van der Waals surface area (Å²) < 4.78 is 13.3. The molecule has 0 bridgehead atoms. The maximum Gasteiger partial charge on any atom is 0.142 e. The normalized spacial score (nSPS) is 22.3. The number of ether oxygens (including phenoxy) is 2. The van der Waals surface area contributed by atoms with Crippen LogP contribution in [0.4, 0.5) is 0 Å². The first-order valence-electron chi connectivity index (χ1n) is 16.0. The van der Waals surface area contributed by atoms with Crippen LogP contribution in [-0.4, -0.2) is 36.9 Å². The lowest BCUT2D eigenvalue weighted by Crippen LogP contribution is -2.41. The summed E-state index contributed by atoms with van der Waals surface area (Å²) in [5, 5.41) is 3.50. The molecule has 0 unspecified atom stereocenters. The highest BCUT2D eigenvalue weighted by Gasteiger charge is 2.36. The molecule has 4 heteroatoms. The summed E-state index contributed by atoms with van der Waals surface area (Å²) >= 11 is 0. The van der Waals surface area contributed by atoms with Crippen LogP contribution in [0.5, 0.6) is 11.5 Å². The lowest BCUT2D eigenvalue weighted by molar-refractivity contribution is 0.0499. The van der Waals surface area contributed by atoms with Crippen molar-refractivity contribution in [1.29, 1.82) is 0 Å². The quantitative estimate of drug-likeness (QED) is 0.280. The van der Waals surface area contributed by atoms with Crippen molar-refractivity contribution in [2.45, 2.75) is 125 Å². The molecule has 3 aliphatic heterocycles. The number of hydrogen-bond donors (Lipinski definition) is 1. The van der Waals surface area contributed by atoms with E-state index in [1.807, 2.05) is 0 Å². The lowest BCUT2D eigenvalue weighted by Gasteiger charge is -2.41. The van der Waals surface area contributed by atoms with Crippen LogP contribution < -0.4 is 14.8 Å². The van der Waals surface area contributed by atoms with Gasteiger partial charge >= 0.3 is 0 Å². The maximum atomic E-state index is 6.91. The Bertz CT molecular complexity index is 1100. The van der Waals surface area contributed by atoms with Gasteiger partial charge in [0, 0.05) is 24.2 Å². The molecule has 1 aromatic carbocycles. The molecule has 0 amide bonds. The molecular formula is C36H56N2O2. The average molecular weight is 549 g/mol. The van der Waals surface area contributed by atoms with Crippen molar-refractivity contribution in [3.63, 3.8) is 0 Å². The smallest absolute Gasteiger partial charge is 0.142 e. The van der Waals surface area contributed by atoms with Gasteiger partial charge in [0.15, 0.2) is 0 Å². The van der Waals surface area contributed by atoms with Gasteiger partial charge in [-0.1, -0.05) is 34.9 Å². The minimum atomic E-state index is -0.110. The van der Waals surface area contributed by atoms with E-state index >= 15 is 0 Å². The molecule has 40 heavy (non-hydrogen) atoms. The fraction of sp³-hybridized carbons (Fsp3) is 0.667. The van der Waals surface area contributed by atoms with Gasteiger partial charge in [-0.15, -0.1) is 0 Å². The zero-order valence-corrected chi connectivity index (χ0v) is 26.7.